The van der Waals surface area contributed by atoms with E-state index in [4.69, 9.17) is 0 Å². The highest BCUT2D eigenvalue weighted by molar-refractivity contribution is 7.91. The summed E-state index contributed by atoms with van der Waals surface area (Å²) in [6.07, 6.45) is 1.07. The van der Waals surface area contributed by atoms with E-state index in [0.717, 1.165) is 17.6 Å². The van der Waals surface area contributed by atoms with E-state index in [1.807, 2.05) is 0 Å². The van der Waals surface area contributed by atoms with Crippen molar-refractivity contribution in [2.75, 3.05) is 13.4 Å². The summed E-state index contributed by atoms with van der Waals surface area (Å²) in [6.45, 7) is 2.74. The van der Waals surface area contributed by atoms with Crippen molar-refractivity contribution in [2.45, 2.75) is 19.1 Å². The van der Waals surface area contributed by atoms with Crippen LogP contribution in [0.25, 0.3) is 0 Å². The number of thiazole rings is 1. The highest BCUT2D eigenvalue weighted by Gasteiger charge is 2.27. The van der Waals surface area contributed by atoms with Gasteiger partial charge in [-0.3, -0.25) is 4.79 Å². The van der Waals surface area contributed by atoms with Crippen LogP contribution in [0.1, 0.15) is 44.3 Å². The van der Waals surface area contributed by atoms with Gasteiger partial charge in [-0.15, -0.1) is 11.3 Å². The molecule has 0 N–H and O–H groups in total. The van der Waals surface area contributed by atoms with Gasteiger partial charge in [0, 0.05) is 13.2 Å². The number of hydrogen-bond donors (Lipinski definition) is 0. The fourth-order valence-electron chi connectivity index (χ4n) is 1.17. The molecule has 18 heavy (non-hydrogen) atoms. The van der Waals surface area contributed by atoms with E-state index in [-0.39, 0.29) is 21.4 Å². The molecule has 100 valence electrons. The number of carbonyl (C=O) groups is 2. The highest BCUT2D eigenvalue weighted by atomic mass is 32.2. The number of hydrogen-bond acceptors (Lipinski definition) is 7. The highest BCUT2D eigenvalue weighted by Crippen LogP contribution is 2.29. The third-order valence-corrected chi connectivity index (χ3v) is 5.33. The van der Waals surface area contributed by atoms with E-state index in [1.54, 1.807) is 0 Å². The fourth-order valence-corrected chi connectivity index (χ4v) is 3.14. The lowest BCUT2D eigenvalue weighted by atomic mass is 10.3. The van der Waals surface area contributed by atoms with Crippen molar-refractivity contribution in [1.29, 1.82) is 0 Å². The molecule has 1 rings (SSSR count). The van der Waals surface area contributed by atoms with Crippen LogP contribution in [0.4, 0.5) is 0 Å². The molecule has 0 spiro atoms. The number of Topliss-reactive ketones (excluding diaryl/α,β-unsaturated/α-hetero) is 1. The normalized spacial score (nSPS) is 13.1. The topological polar surface area (TPSA) is 90.4 Å². The second kappa shape index (κ2) is 5.15. The van der Waals surface area contributed by atoms with Crippen LogP contribution in [0.15, 0.2) is 0 Å². The van der Waals surface area contributed by atoms with Crippen LogP contribution < -0.4 is 0 Å². The summed E-state index contributed by atoms with van der Waals surface area (Å²) in [4.78, 5) is 26.9. The van der Waals surface area contributed by atoms with Gasteiger partial charge in [0.05, 0.1) is 7.11 Å². The summed E-state index contributed by atoms with van der Waals surface area (Å²) in [5, 5.41) is -0.651. The van der Waals surface area contributed by atoms with Crippen LogP contribution in [-0.2, 0) is 14.6 Å². The van der Waals surface area contributed by atoms with Gasteiger partial charge < -0.3 is 4.74 Å². The molecule has 0 amide bonds. The maximum atomic E-state index is 11.4. The molecule has 0 radical (unpaired) electrons. The molecular weight excluding hydrogens is 278 g/mol. The standard InChI is InChI=1S/C10H13NO5S2/c1-5(12)8-7(10(13)16-3)11-9(17-8)6(2)18(4,14)15/h6H,1-4H3. The molecule has 0 bridgehead atoms. The Kier molecular flexibility index (Phi) is 4.23. The summed E-state index contributed by atoms with van der Waals surface area (Å²) in [6, 6.07) is 0. The van der Waals surface area contributed by atoms with Crippen LogP contribution in [0.5, 0.6) is 0 Å². The summed E-state index contributed by atoms with van der Waals surface area (Å²) in [5.41, 5.74) is -0.125. The van der Waals surface area contributed by atoms with Gasteiger partial charge in [0.2, 0.25) is 0 Å². The Morgan fingerprint density at radius 2 is 1.94 bits per heavy atom. The molecule has 0 saturated heterocycles. The molecule has 8 heteroatoms. The predicted octanol–water partition coefficient (Wildman–Crippen LogP) is 1.24. The van der Waals surface area contributed by atoms with E-state index >= 15 is 0 Å². The van der Waals surface area contributed by atoms with E-state index in [9.17, 15) is 18.0 Å². The Bertz CT molecular complexity index is 587. The lowest BCUT2D eigenvalue weighted by Gasteiger charge is -2.03. The van der Waals surface area contributed by atoms with Crippen molar-refractivity contribution in [3.8, 4) is 0 Å². The molecule has 0 aromatic carbocycles. The van der Waals surface area contributed by atoms with Gasteiger partial charge in [-0.05, 0) is 6.92 Å². The van der Waals surface area contributed by atoms with Crippen LogP contribution in [0, 0.1) is 0 Å². The van der Waals surface area contributed by atoms with Crippen LogP contribution in [0.3, 0.4) is 0 Å². The molecule has 1 aromatic heterocycles. The lowest BCUT2D eigenvalue weighted by molar-refractivity contribution is 0.0591. The molecule has 0 fully saturated rings. The molecule has 1 aromatic rings. The zero-order chi connectivity index (χ0) is 14.1. The maximum Gasteiger partial charge on any atom is 0.358 e. The molecule has 1 atom stereocenters. The average Bonchev–Trinajstić information content (AvgIpc) is 2.70. The largest absolute Gasteiger partial charge is 0.464 e. The lowest BCUT2D eigenvalue weighted by Crippen LogP contribution is -2.09. The monoisotopic (exact) mass is 291 g/mol. The van der Waals surface area contributed by atoms with Crippen molar-refractivity contribution < 1.29 is 22.7 Å². The van der Waals surface area contributed by atoms with Gasteiger partial charge in [0.25, 0.3) is 0 Å². The van der Waals surface area contributed by atoms with Gasteiger partial charge in [0.1, 0.15) is 15.1 Å². The maximum absolute atomic E-state index is 11.4. The number of sulfone groups is 1. The number of ether oxygens (including phenoxy) is 1. The first-order valence-electron chi connectivity index (χ1n) is 4.97. The number of aromatic nitrogens is 1. The van der Waals surface area contributed by atoms with E-state index in [2.05, 4.69) is 9.72 Å². The van der Waals surface area contributed by atoms with Gasteiger partial charge in [-0.25, -0.2) is 18.2 Å². The van der Waals surface area contributed by atoms with Crippen molar-refractivity contribution >= 4 is 32.9 Å². The Hall–Kier alpha value is -1.28. The number of esters is 1. The minimum atomic E-state index is -3.33. The van der Waals surface area contributed by atoms with Crippen molar-refractivity contribution in [2.24, 2.45) is 0 Å². The summed E-state index contributed by atoms with van der Waals surface area (Å²) < 4.78 is 27.4. The van der Waals surface area contributed by atoms with E-state index in [1.165, 1.54) is 21.0 Å². The zero-order valence-corrected chi connectivity index (χ0v) is 12.0. The third kappa shape index (κ3) is 2.94. The SMILES string of the molecule is COC(=O)c1nc(C(C)S(C)(=O)=O)sc1C(C)=O. The van der Waals surface area contributed by atoms with Gasteiger partial charge in [-0.2, -0.15) is 0 Å². The third-order valence-electron chi connectivity index (χ3n) is 2.33. The van der Waals surface area contributed by atoms with Crippen LogP contribution >= 0.6 is 11.3 Å². The van der Waals surface area contributed by atoms with E-state index in [0.29, 0.717) is 0 Å². The average molecular weight is 291 g/mol. The minimum absolute atomic E-state index is 0.118. The van der Waals surface area contributed by atoms with Crippen molar-refractivity contribution in [3.63, 3.8) is 0 Å². The fraction of sp³-hybridized carbons (Fsp3) is 0.500. The first-order valence-corrected chi connectivity index (χ1v) is 7.74. The molecule has 0 aliphatic heterocycles. The van der Waals surface area contributed by atoms with E-state index < -0.39 is 21.1 Å². The molecule has 0 aliphatic rings. The van der Waals surface area contributed by atoms with Crippen molar-refractivity contribution in [1.82, 2.24) is 4.98 Å². The zero-order valence-electron chi connectivity index (χ0n) is 10.4. The van der Waals surface area contributed by atoms with Crippen LogP contribution in [-0.4, -0.2) is 38.5 Å². The number of ketones is 1. The Labute approximate surface area is 109 Å². The quantitative estimate of drug-likeness (QED) is 0.612. The Morgan fingerprint density at radius 3 is 2.33 bits per heavy atom. The number of methoxy groups -OCH3 is 1. The van der Waals surface area contributed by atoms with Gasteiger partial charge >= 0.3 is 5.97 Å². The number of nitrogens with zero attached hydrogens (tertiary/aromatic N) is 1. The second-order valence-electron chi connectivity index (χ2n) is 3.75. The minimum Gasteiger partial charge on any atom is -0.464 e. The van der Waals surface area contributed by atoms with Gasteiger partial charge in [-0.1, -0.05) is 0 Å². The summed E-state index contributed by atoms with van der Waals surface area (Å²) in [5.74, 6) is -1.09. The second-order valence-corrected chi connectivity index (χ2v) is 7.15. The smallest absolute Gasteiger partial charge is 0.358 e. The molecule has 1 heterocycles. The molecule has 0 saturated carbocycles. The molecule has 6 nitrogen and oxygen atoms in total. The Balaban J connectivity index is 3.35. The molecule has 0 aliphatic carbocycles. The summed E-state index contributed by atoms with van der Waals surface area (Å²) in [7, 11) is -2.16. The predicted molar refractivity (Wildman–Crippen MR) is 66.7 cm³/mol. The molecule has 1 unspecified atom stereocenters. The van der Waals surface area contributed by atoms with Crippen LogP contribution in [0.2, 0.25) is 0 Å². The van der Waals surface area contributed by atoms with Crippen molar-refractivity contribution in [3.05, 3.63) is 15.6 Å². The number of carbonyl (C=O) groups excluding carboxylic acids is 2. The van der Waals surface area contributed by atoms with Gasteiger partial charge in [0.15, 0.2) is 21.3 Å². The Morgan fingerprint density at radius 1 is 1.39 bits per heavy atom. The first-order chi connectivity index (χ1) is 8.18. The first kappa shape index (κ1) is 14.8. The number of rotatable bonds is 4. The molecular formula is C10H13NO5S2. The summed E-state index contributed by atoms with van der Waals surface area (Å²) >= 11 is 0.906.